The molecule has 0 atom stereocenters. The topological polar surface area (TPSA) is 105 Å². The molecule has 1 N–H and O–H groups in total. The van der Waals surface area contributed by atoms with Gasteiger partial charge in [-0.05, 0) is 42.5 Å². The molecule has 14 heteroatoms. The highest BCUT2D eigenvalue weighted by Gasteiger charge is 2.33. The van der Waals surface area contributed by atoms with Gasteiger partial charge < -0.3 is 9.67 Å². The van der Waals surface area contributed by atoms with Crippen molar-refractivity contribution in [1.82, 2.24) is 14.5 Å². The fourth-order valence-corrected chi connectivity index (χ4v) is 5.49. The molecule has 35 heavy (non-hydrogen) atoms. The Bertz CT molecular complexity index is 1540. The zero-order valence-electron chi connectivity index (χ0n) is 17.2. The van der Waals surface area contributed by atoms with Gasteiger partial charge in [-0.2, -0.15) is 13.2 Å². The van der Waals surface area contributed by atoms with Crippen molar-refractivity contribution < 1.29 is 31.5 Å². The van der Waals surface area contributed by atoms with E-state index in [4.69, 9.17) is 23.2 Å². The van der Waals surface area contributed by atoms with Crippen LogP contribution in [0.4, 0.5) is 18.9 Å². The Hall–Kier alpha value is -3.35. The van der Waals surface area contributed by atoms with Crippen LogP contribution in [0, 0.1) is 0 Å². The molecule has 0 fully saturated rings. The molecule has 0 spiro atoms. The maximum atomic E-state index is 13.3. The van der Waals surface area contributed by atoms with Gasteiger partial charge in [0.25, 0.3) is 10.0 Å². The number of alkyl halides is 3. The van der Waals surface area contributed by atoms with Gasteiger partial charge >= 0.3 is 12.1 Å². The van der Waals surface area contributed by atoms with E-state index in [9.17, 15) is 31.5 Å². The van der Waals surface area contributed by atoms with Crippen molar-refractivity contribution in [2.45, 2.75) is 11.1 Å². The Morgan fingerprint density at radius 1 is 1.03 bits per heavy atom. The van der Waals surface area contributed by atoms with E-state index >= 15 is 0 Å². The highest BCUT2D eigenvalue weighted by atomic mass is 35.5. The maximum Gasteiger partial charge on any atom is 0.433 e. The average Bonchev–Trinajstić information content (AvgIpc) is 3.19. The van der Waals surface area contributed by atoms with Gasteiger partial charge in [0.1, 0.15) is 24.4 Å². The van der Waals surface area contributed by atoms with E-state index in [1.807, 2.05) is 0 Å². The lowest BCUT2D eigenvalue weighted by Crippen LogP contribution is -2.35. The molecule has 4 aromatic rings. The summed E-state index contributed by atoms with van der Waals surface area (Å²) in [6.07, 6.45) is -2.43. The van der Waals surface area contributed by atoms with Crippen LogP contribution in [0.3, 0.4) is 0 Å². The molecule has 0 radical (unpaired) electrons. The van der Waals surface area contributed by atoms with Crippen LogP contribution in [-0.2, 0) is 21.0 Å². The normalized spacial score (nSPS) is 12.1. The minimum atomic E-state index is -4.66. The van der Waals surface area contributed by atoms with Gasteiger partial charge in [-0.25, -0.2) is 18.4 Å². The predicted molar refractivity (Wildman–Crippen MR) is 122 cm³/mol. The second-order valence-electron chi connectivity index (χ2n) is 7.20. The summed E-state index contributed by atoms with van der Waals surface area (Å²) < 4.78 is 67.7. The van der Waals surface area contributed by atoms with E-state index in [0.29, 0.717) is 15.2 Å². The van der Waals surface area contributed by atoms with Crippen LogP contribution >= 0.6 is 23.2 Å². The van der Waals surface area contributed by atoms with Gasteiger partial charge in [0.2, 0.25) is 0 Å². The molecule has 0 saturated heterocycles. The van der Waals surface area contributed by atoms with Gasteiger partial charge in [0, 0.05) is 27.7 Å². The number of carbonyl (C=O) groups is 1. The van der Waals surface area contributed by atoms with E-state index < -0.39 is 34.4 Å². The Morgan fingerprint density at radius 2 is 1.71 bits per heavy atom. The number of carboxylic acids is 1. The quantitative estimate of drug-likeness (QED) is 0.365. The molecule has 182 valence electrons. The van der Waals surface area contributed by atoms with Crippen molar-refractivity contribution in [2.24, 2.45) is 0 Å². The van der Waals surface area contributed by atoms with Crippen molar-refractivity contribution in [3.63, 3.8) is 0 Å². The Morgan fingerprint density at radius 3 is 2.34 bits per heavy atom. The standard InChI is InChI=1S/C21H13Cl2F3N4O4S/c22-13-6-14(23)8-16(7-13)35(33,34)30(10-20(31)32)15-1-2-17-12(5-15)3-4-29(17)19-9-18(21(24,25)26)27-11-28-19/h1-9,11H,10H2,(H,31,32). The Balaban J connectivity index is 1.80. The van der Waals surface area contributed by atoms with E-state index in [1.54, 1.807) is 0 Å². The summed E-state index contributed by atoms with van der Waals surface area (Å²) in [6, 6.07) is 10.1. The third kappa shape index (κ3) is 5.04. The number of fused-ring (bicyclic) bond motifs is 1. The largest absolute Gasteiger partial charge is 0.480 e. The molecule has 4 rings (SSSR count). The minimum absolute atomic E-state index is 0.00687. The SMILES string of the molecule is O=C(O)CN(c1ccc2c(ccn2-c2cc(C(F)(F)F)ncn2)c1)S(=O)(=O)c1cc(Cl)cc(Cl)c1. The third-order valence-electron chi connectivity index (χ3n) is 4.85. The number of aromatic nitrogens is 3. The first-order valence-electron chi connectivity index (χ1n) is 9.57. The lowest BCUT2D eigenvalue weighted by molar-refractivity contribution is -0.141. The highest BCUT2D eigenvalue weighted by Crippen LogP contribution is 2.32. The van der Waals surface area contributed by atoms with Crippen LogP contribution in [-0.4, -0.2) is 40.6 Å². The van der Waals surface area contributed by atoms with Gasteiger partial charge in [-0.3, -0.25) is 9.10 Å². The number of aliphatic carboxylic acids is 1. The molecular formula is C21H13Cl2F3N4O4S. The molecule has 8 nitrogen and oxygen atoms in total. The predicted octanol–water partition coefficient (Wildman–Crippen LogP) is 5.03. The van der Waals surface area contributed by atoms with Gasteiger partial charge in [0.15, 0.2) is 0 Å². The molecule has 0 aliphatic rings. The number of sulfonamides is 1. The minimum Gasteiger partial charge on any atom is -0.480 e. The first kappa shape index (κ1) is 24.8. The summed E-state index contributed by atoms with van der Waals surface area (Å²) >= 11 is 11.8. The van der Waals surface area contributed by atoms with Crippen molar-refractivity contribution >= 4 is 55.8 Å². The van der Waals surface area contributed by atoms with Crippen molar-refractivity contribution in [1.29, 1.82) is 0 Å². The Labute approximate surface area is 206 Å². The Kier molecular flexibility index (Phi) is 6.38. The van der Waals surface area contributed by atoms with Crippen LogP contribution in [0.25, 0.3) is 16.7 Å². The lowest BCUT2D eigenvalue weighted by atomic mass is 10.2. The summed E-state index contributed by atoms with van der Waals surface area (Å²) in [4.78, 5) is 18.3. The number of halogens is 5. The first-order chi connectivity index (χ1) is 16.4. The van der Waals surface area contributed by atoms with E-state index in [0.717, 1.165) is 24.5 Å². The number of hydrogen-bond donors (Lipinski definition) is 1. The second kappa shape index (κ2) is 9.02. The summed E-state index contributed by atoms with van der Waals surface area (Å²) in [5, 5.41) is 9.86. The van der Waals surface area contributed by atoms with E-state index in [1.165, 1.54) is 41.1 Å². The van der Waals surface area contributed by atoms with E-state index in [2.05, 4.69) is 9.97 Å². The monoisotopic (exact) mass is 544 g/mol. The number of anilines is 1. The molecule has 0 saturated carbocycles. The van der Waals surface area contributed by atoms with Crippen molar-refractivity contribution in [3.8, 4) is 5.82 Å². The molecular weight excluding hydrogens is 532 g/mol. The molecule has 2 aromatic carbocycles. The van der Waals surface area contributed by atoms with E-state index in [-0.39, 0.29) is 26.4 Å². The number of carboxylic acid groups (broad SMARTS) is 1. The van der Waals surface area contributed by atoms with Gasteiger partial charge in [-0.1, -0.05) is 23.2 Å². The van der Waals surface area contributed by atoms with Crippen molar-refractivity contribution in [2.75, 3.05) is 10.8 Å². The van der Waals surface area contributed by atoms with Crippen LogP contribution in [0.5, 0.6) is 0 Å². The zero-order chi connectivity index (χ0) is 25.5. The summed E-state index contributed by atoms with van der Waals surface area (Å²) in [5.74, 6) is -1.47. The maximum absolute atomic E-state index is 13.3. The van der Waals surface area contributed by atoms with Gasteiger partial charge in [-0.15, -0.1) is 0 Å². The summed E-state index contributed by atoms with van der Waals surface area (Å²) in [5.41, 5.74) is -0.716. The van der Waals surface area contributed by atoms with Crippen LogP contribution in [0.1, 0.15) is 5.69 Å². The zero-order valence-corrected chi connectivity index (χ0v) is 19.6. The summed E-state index contributed by atoms with van der Waals surface area (Å²) in [6.45, 7) is -0.903. The molecule has 2 aromatic heterocycles. The lowest BCUT2D eigenvalue weighted by Gasteiger charge is -2.23. The average molecular weight is 545 g/mol. The van der Waals surface area contributed by atoms with Crippen LogP contribution < -0.4 is 4.31 Å². The number of nitrogens with zero attached hydrogens (tertiary/aromatic N) is 4. The number of rotatable bonds is 6. The third-order valence-corrected chi connectivity index (χ3v) is 7.04. The van der Waals surface area contributed by atoms with Crippen LogP contribution in [0.15, 0.2) is 66.0 Å². The number of hydrogen-bond acceptors (Lipinski definition) is 5. The molecule has 0 aliphatic heterocycles. The second-order valence-corrected chi connectivity index (χ2v) is 9.93. The number of benzene rings is 2. The fraction of sp³-hybridized carbons (Fsp3) is 0.0952. The fourth-order valence-electron chi connectivity index (χ4n) is 3.36. The summed E-state index contributed by atoms with van der Waals surface area (Å²) in [7, 11) is -4.40. The molecule has 0 amide bonds. The first-order valence-corrected chi connectivity index (χ1v) is 11.8. The van der Waals surface area contributed by atoms with Crippen molar-refractivity contribution in [3.05, 3.63) is 76.8 Å². The van der Waals surface area contributed by atoms with Crippen LogP contribution in [0.2, 0.25) is 10.0 Å². The molecule has 0 aliphatic carbocycles. The molecule has 0 unspecified atom stereocenters. The molecule has 0 bridgehead atoms. The molecule has 2 heterocycles. The highest BCUT2D eigenvalue weighted by molar-refractivity contribution is 7.92. The van der Waals surface area contributed by atoms with Gasteiger partial charge in [0.05, 0.1) is 16.1 Å². The smallest absolute Gasteiger partial charge is 0.433 e.